The van der Waals surface area contributed by atoms with Crippen molar-refractivity contribution < 1.29 is 14.3 Å². The third kappa shape index (κ3) is 1.77. The summed E-state index contributed by atoms with van der Waals surface area (Å²) in [5.41, 5.74) is 2.04. The molecule has 0 spiro atoms. The summed E-state index contributed by atoms with van der Waals surface area (Å²) in [6.45, 7) is 5.23. The Hall–Kier alpha value is -2.17. The maximum Gasteiger partial charge on any atom is 0.340 e. The summed E-state index contributed by atoms with van der Waals surface area (Å²) in [6.07, 6.45) is 1.58. The van der Waals surface area contributed by atoms with Gasteiger partial charge in [-0.15, -0.1) is 0 Å². The molecule has 0 aromatic carbocycles. The Morgan fingerprint density at radius 1 is 1.44 bits per heavy atom. The number of carbonyl (C=O) groups excluding carboxylic acids is 2. The molecule has 18 heavy (non-hydrogen) atoms. The smallest absolute Gasteiger partial charge is 0.340 e. The minimum atomic E-state index is -0.423. The van der Waals surface area contributed by atoms with Crippen LogP contribution in [0.15, 0.2) is 18.3 Å². The zero-order chi connectivity index (χ0) is 13.3. The van der Waals surface area contributed by atoms with Gasteiger partial charge in [0.25, 0.3) is 0 Å². The fourth-order valence-corrected chi connectivity index (χ4v) is 2.08. The molecule has 0 saturated heterocycles. The number of carbonyl (C=O) groups is 2. The normalized spacial score (nSPS) is 10.6. The highest BCUT2D eigenvalue weighted by Crippen LogP contribution is 2.23. The third-order valence-electron chi connectivity index (χ3n) is 2.76. The van der Waals surface area contributed by atoms with Crippen molar-refractivity contribution in [1.29, 1.82) is 0 Å². The minimum Gasteiger partial charge on any atom is -0.462 e. The molecule has 5 nitrogen and oxygen atoms in total. The molecule has 0 bridgehead atoms. The van der Waals surface area contributed by atoms with Crippen LogP contribution >= 0.6 is 0 Å². The van der Waals surface area contributed by atoms with Crippen LogP contribution < -0.4 is 0 Å². The van der Waals surface area contributed by atoms with Crippen molar-refractivity contribution in [1.82, 2.24) is 9.61 Å². The van der Waals surface area contributed by atoms with Gasteiger partial charge in [-0.25, -0.2) is 9.31 Å². The number of Topliss-reactive ketones (excluding diaryl/α,β-unsaturated/α-hetero) is 1. The molecular weight excluding hydrogens is 232 g/mol. The molecule has 2 rings (SSSR count). The molecule has 5 heteroatoms. The number of esters is 1. The molecule has 0 fully saturated rings. The van der Waals surface area contributed by atoms with Crippen molar-refractivity contribution in [3.63, 3.8) is 0 Å². The quantitative estimate of drug-likeness (QED) is 0.614. The summed E-state index contributed by atoms with van der Waals surface area (Å²) in [5, 5.41) is 4.11. The number of fused-ring (bicyclic) bond motifs is 1. The van der Waals surface area contributed by atoms with Crippen LogP contribution in [0.2, 0.25) is 0 Å². The van der Waals surface area contributed by atoms with Gasteiger partial charge in [-0.1, -0.05) is 0 Å². The monoisotopic (exact) mass is 246 g/mol. The Morgan fingerprint density at radius 3 is 2.78 bits per heavy atom. The molecule has 0 unspecified atom stereocenters. The molecule has 2 aromatic rings. The lowest BCUT2D eigenvalue weighted by atomic mass is 10.1. The van der Waals surface area contributed by atoms with E-state index in [2.05, 4.69) is 5.10 Å². The number of ketones is 1. The largest absolute Gasteiger partial charge is 0.462 e. The fraction of sp³-hybridized carbons (Fsp3) is 0.308. The van der Waals surface area contributed by atoms with Gasteiger partial charge in [0.05, 0.1) is 17.7 Å². The summed E-state index contributed by atoms with van der Waals surface area (Å²) in [7, 11) is 0. The predicted octanol–water partition coefficient (Wildman–Crippen LogP) is 2.02. The lowest BCUT2D eigenvalue weighted by Crippen LogP contribution is -2.06. The zero-order valence-electron chi connectivity index (χ0n) is 10.6. The van der Waals surface area contributed by atoms with E-state index in [1.54, 1.807) is 32.2 Å². The van der Waals surface area contributed by atoms with Gasteiger partial charge in [-0.05, 0) is 31.5 Å². The van der Waals surface area contributed by atoms with Crippen molar-refractivity contribution in [2.45, 2.75) is 20.8 Å². The molecule has 2 heterocycles. The van der Waals surface area contributed by atoms with Crippen LogP contribution in [0, 0.1) is 6.92 Å². The van der Waals surface area contributed by atoms with Crippen molar-refractivity contribution in [3.05, 3.63) is 35.2 Å². The molecule has 0 N–H and O–H groups in total. The summed E-state index contributed by atoms with van der Waals surface area (Å²) in [5.74, 6) is -0.551. The van der Waals surface area contributed by atoms with E-state index in [9.17, 15) is 9.59 Å². The highest BCUT2D eigenvalue weighted by atomic mass is 16.5. The van der Waals surface area contributed by atoms with Gasteiger partial charge in [0.15, 0.2) is 5.78 Å². The van der Waals surface area contributed by atoms with E-state index in [4.69, 9.17) is 4.74 Å². The Labute approximate surface area is 104 Å². The fourth-order valence-electron chi connectivity index (χ4n) is 2.08. The first-order chi connectivity index (χ1) is 8.57. The lowest BCUT2D eigenvalue weighted by Gasteiger charge is -2.01. The Bertz CT molecular complexity index is 628. The topological polar surface area (TPSA) is 60.7 Å². The Morgan fingerprint density at radius 2 is 2.17 bits per heavy atom. The molecule has 0 amide bonds. The van der Waals surface area contributed by atoms with E-state index in [0.29, 0.717) is 28.9 Å². The minimum absolute atomic E-state index is 0.128. The van der Waals surface area contributed by atoms with Gasteiger partial charge in [-0.2, -0.15) is 5.10 Å². The van der Waals surface area contributed by atoms with Gasteiger partial charge in [-0.3, -0.25) is 4.79 Å². The van der Waals surface area contributed by atoms with E-state index in [1.807, 2.05) is 0 Å². The highest BCUT2D eigenvalue weighted by molar-refractivity contribution is 6.05. The van der Waals surface area contributed by atoms with E-state index in [0.717, 1.165) is 0 Å². The maximum absolute atomic E-state index is 11.9. The average Bonchev–Trinajstić information content (AvgIpc) is 2.61. The second-order valence-electron chi connectivity index (χ2n) is 3.95. The maximum atomic E-state index is 11.9. The van der Waals surface area contributed by atoms with Gasteiger partial charge < -0.3 is 4.74 Å². The standard InChI is InChI=1S/C13H14N2O3/c1-4-18-13(17)11-8(2)12(9(3)16)15-10(11)6-5-7-14-15/h5-7H,4H2,1-3H3. The third-order valence-corrected chi connectivity index (χ3v) is 2.76. The van der Waals surface area contributed by atoms with Crippen LogP contribution in [0.4, 0.5) is 0 Å². The van der Waals surface area contributed by atoms with Gasteiger partial charge in [0.1, 0.15) is 5.69 Å². The van der Waals surface area contributed by atoms with E-state index in [1.165, 1.54) is 11.4 Å². The first kappa shape index (κ1) is 12.3. The van der Waals surface area contributed by atoms with Crippen molar-refractivity contribution in [3.8, 4) is 0 Å². The Kier molecular flexibility index (Phi) is 3.14. The number of hydrogen-bond acceptors (Lipinski definition) is 4. The first-order valence-electron chi connectivity index (χ1n) is 5.72. The predicted molar refractivity (Wildman–Crippen MR) is 65.9 cm³/mol. The van der Waals surface area contributed by atoms with E-state index in [-0.39, 0.29) is 5.78 Å². The van der Waals surface area contributed by atoms with Crippen LogP contribution in [0.3, 0.4) is 0 Å². The van der Waals surface area contributed by atoms with Gasteiger partial charge >= 0.3 is 5.97 Å². The number of ether oxygens (including phenoxy) is 1. The van der Waals surface area contributed by atoms with Gasteiger partial charge in [0, 0.05) is 13.1 Å². The molecule has 0 atom stereocenters. The molecule has 0 aliphatic heterocycles. The van der Waals surface area contributed by atoms with Crippen LogP contribution in [0.5, 0.6) is 0 Å². The lowest BCUT2D eigenvalue weighted by molar-refractivity contribution is 0.0528. The van der Waals surface area contributed by atoms with Crippen LogP contribution in [-0.4, -0.2) is 28.0 Å². The molecule has 0 radical (unpaired) electrons. The number of rotatable bonds is 3. The van der Waals surface area contributed by atoms with Crippen molar-refractivity contribution in [2.75, 3.05) is 6.61 Å². The number of aromatic nitrogens is 2. The van der Waals surface area contributed by atoms with Crippen molar-refractivity contribution in [2.24, 2.45) is 0 Å². The Balaban J connectivity index is 2.77. The number of hydrogen-bond donors (Lipinski definition) is 0. The summed E-state index contributed by atoms with van der Waals surface area (Å²) in [6, 6.07) is 3.47. The van der Waals surface area contributed by atoms with E-state index >= 15 is 0 Å². The zero-order valence-corrected chi connectivity index (χ0v) is 10.6. The molecule has 0 aliphatic carbocycles. The molecule has 0 aliphatic rings. The van der Waals surface area contributed by atoms with E-state index < -0.39 is 5.97 Å². The summed E-state index contributed by atoms with van der Waals surface area (Å²) >= 11 is 0. The summed E-state index contributed by atoms with van der Waals surface area (Å²) < 4.78 is 6.51. The van der Waals surface area contributed by atoms with Gasteiger partial charge in [0.2, 0.25) is 0 Å². The van der Waals surface area contributed by atoms with Crippen LogP contribution in [-0.2, 0) is 4.74 Å². The first-order valence-corrected chi connectivity index (χ1v) is 5.72. The molecular formula is C13H14N2O3. The molecule has 2 aromatic heterocycles. The van der Waals surface area contributed by atoms with Crippen LogP contribution in [0.25, 0.3) is 5.52 Å². The highest BCUT2D eigenvalue weighted by Gasteiger charge is 2.23. The van der Waals surface area contributed by atoms with Crippen LogP contribution in [0.1, 0.15) is 40.3 Å². The SMILES string of the molecule is CCOC(=O)c1c(C)c(C(C)=O)n2ncccc12. The van der Waals surface area contributed by atoms with Crippen molar-refractivity contribution >= 4 is 17.3 Å². The second kappa shape index (κ2) is 4.60. The molecule has 0 saturated carbocycles. The summed E-state index contributed by atoms with van der Waals surface area (Å²) in [4.78, 5) is 23.6. The average molecular weight is 246 g/mol. The number of nitrogens with zero attached hydrogens (tertiary/aromatic N) is 2. The molecule has 94 valence electrons. The second-order valence-corrected chi connectivity index (χ2v) is 3.95.